The average molecular weight is 290 g/mol. The predicted molar refractivity (Wildman–Crippen MR) is 82.4 cm³/mol. The number of thiazole rings is 1. The molecule has 1 aliphatic rings. The van der Waals surface area contributed by atoms with E-state index in [1.54, 1.807) is 17.5 Å². The van der Waals surface area contributed by atoms with Gasteiger partial charge >= 0.3 is 0 Å². The molecule has 4 nitrogen and oxygen atoms in total. The highest BCUT2D eigenvalue weighted by Gasteiger charge is 2.35. The number of aryl methyl sites for hydroxylation is 1. The molecule has 108 valence electrons. The van der Waals surface area contributed by atoms with Crippen LogP contribution in [0.2, 0.25) is 0 Å². The molecule has 0 aliphatic heterocycles. The van der Waals surface area contributed by atoms with Gasteiger partial charge < -0.3 is 5.73 Å². The van der Waals surface area contributed by atoms with Crippen molar-refractivity contribution in [2.45, 2.75) is 44.6 Å². The van der Waals surface area contributed by atoms with Crippen molar-refractivity contribution in [3.05, 3.63) is 22.7 Å². The third kappa shape index (κ3) is 2.40. The summed E-state index contributed by atoms with van der Waals surface area (Å²) in [4.78, 5) is 4.79. The van der Waals surface area contributed by atoms with Gasteiger partial charge in [-0.1, -0.05) is 13.3 Å². The summed E-state index contributed by atoms with van der Waals surface area (Å²) in [5.41, 5.74) is 8.46. The summed E-state index contributed by atoms with van der Waals surface area (Å²) in [7, 11) is 1.94. The molecule has 0 radical (unpaired) electrons. The molecule has 0 atom stereocenters. The van der Waals surface area contributed by atoms with Crippen LogP contribution in [0.15, 0.2) is 17.6 Å². The maximum absolute atomic E-state index is 6.63. The fourth-order valence-corrected chi connectivity index (χ4v) is 4.05. The Bertz CT molecular complexity index is 578. The number of aromatic nitrogens is 3. The molecule has 2 aromatic rings. The van der Waals surface area contributed by atoms with E-state index in [0.29, 0.717) is 0 Å². The maximum Gasteiger partial charge on any atom is 0.113 e. The summed E-state index contributed by atoms with van der Waals surface area (Å²) in [6.45, 7) is 2.28. The Labute approximate surface area is 124 Å². The molecule has 1 aliphatic carbocycles. The second kappa shape index (κ2) is 5.30. The van der Waals surface area contributed by atoms with E-state index in [1.165, 1.54) is 19.3 Å². The van der Waals surface area contributed by atoms with Gasteiger partial charge in [-0.2, -0.15) is 5.10 Å². The van der Waals surface area contributed by atoms with Gasteiger partial charge in [-0.05, 0) is 37.7 Å². The largest absolute Gasteiger partial charge is 0.319 e. The third-order valence-corrected chi connectivity index (χ3v) is 5.65. The second-order valence-electron chi connectivity index (χ2n) is 5.89. The first-order valence-corrected chi connectivity index (χ1v) is 8.23. The fourth-order valence-electron chi connectivity index (χ4n) is 3.06. The summed E-state index contributed by atoms with van der Waals surface area (Å²) in [5.74, 6) is 0.850. The van der Waals surface area contributed by atoms with Crippen LogP contribution < -0.4 is 5.73 Å². The molecule has 0 unspecified atom stereocenters. The summed E-state index contributed by atoms with van der Waals surface area (Å²) in [6, 6.07) is 2.00. The molecule has 20 heavy (non-hydrogen) atoms. The van der Waals surface area contributed by atoms with Gasteiger partial charge in [0.2, 0.25) is 0 Å². The van der Waals surface area contributed by atoms with Crippen molar-refractivity contribution >= 4 is 11.3 Å². The van der Waals surface area contributed by atoms with E-state index in [9.17, 15) is 0 Å². The van der Waals surface area contributed by atoms with Crippen LogP contribution in [0.25, 0.3) is 11.4 Å². The predicted octanol–water partition coefficient (Wildman–Crippen LogP) is 3.30. The van der Waals surface area contributed by atoms with Gasteiger partial charge in [-0.15, -0.1) is 11.3 Å². The van der Waals surface area contributed by atoms with Crippen molar-refractivity contribution in [3.8, 4) is 11.4 Å². The Morgan fingerprint density at radius 2 is 2.20 bits per heavy atom. The standard InChI is InChI=1S/C15H22N4S/c1-3-11-4-7-15(16,8-5-11)14-18-12(10-20-14)13-6-9-17-19(13)2/h6,9-11H,3-5,7-8,16H2,1-2H3. The number of hydrogen-bond donors (Lipinski definition) is 1. The number of hydrogen-bond acceptors (Lipinski definition) is 4. The first-order valence-electron chi connectivity index (χ1n) is 7.35. The first kappa shape index (κ1) is 13.8. The Balaban J connectivity index is 1.82. The topological polar surface area (TPSA) is 56.7 Å². The number of nitrogens with two attached hydrogens (primary N) is 1. The van der Waals surface area contributed by atoms with E-state index in [1.807, 2.05) is 17.8 Å². The van der Waals surface area contributed by atoms with Crippen molar-refractivity contribution in [1.82, 2.24) is 14.8 Å². The van der Waals surface area contributed by atoms with Crippen LogP contribution in [0, 0.1) is 5.92 Å². The van der Waals surface area contributed by atoms with Crippen LogP contribution in [0.1, 0.15) is 44.0 Å². The summed E-state index contributed by atoms with van der Waals surface area (Å²) < 4.78 is 1.86. The minimum atomic E-state index is -0.215. The van der Waals surface area contributed by atoms with Crippen LogP contribution >= 0.6 is 11.3 Å². The molecule has 1 saturated carbocycles. The molecular weight excluding hydrogens is 268 g/mol. The van der Waals surface area contributed by atoms with Gasteiger partial charge in [-0.25, -0.2) is 4.98 Å². The Morgan fingerprint density at radius 3 is 2.80 bits per heavy atom. The second-order valence-corrected chi connectivity index (χ2v) is 6.74. The normalized spacial score (nSPS) is 26.9. The summed E-state index contributed by atoms with van der Waals surface area (Å²) >= 11 is 1.69. The lowest BCUT2D eigenvalue weighted by atomic mass is 9.76. The minimum Gasteiger partial charge on any atom is -0.319 e. The van der Waals surface area contributed by atoms with E-state index in [2.05, 4.69) is 17.4 Å². The van der Waals surface area contributed by atoms with Crippen LogP contribution in [0.3, 0.4) is 0 Å². The monoisotopic (exact) mass is 290 g/mol. The van der Waals surface area contributed by atoms with Crippen molar-refractivity contribution in [2.24, 2.45) is 18.7 Å². The Morgan fingerprint density at radius 1 is 1.45 bits per heavy atom. The lowest BCUT2D eigenvalue weighted by Gasteiger charge is -2.35. The maximum atomic E-state index is 6.63. The molecule has 0 amide bonds. The molecule has 5 heteroatoms. The first-order chi connectivity index (χ1) is 9.62. The molecule has 0 aromatic carbocycles. The van der Waals surface area contributed by atoms with Gasteiger partial charge in [-0.3, -0.25) is 4.68 Å². The zero-order chi connectivity index (χ0) is 14.2. The summed E-state index contributed by atoms with van der Waals surface area (Å²) in [6.07, 6.45) is 7.65. The quantitative estimate of drug-likeness (QED) is 0.943. The molecule has 0 spiro atoms. The molecule has 1 fully saturated rings. The smallest absolute Gasteiger partial charge is 0.113 e. The van der Waals surface area contributed by atoms with Crippen LogP contribution in [-0.2, 0) is 12.6 Å². The molecule has 2 N–H and O–H groups in total. The van der Waals surface area contributed by atoms with Crippen molar-refractivity contribution < 1.29 is 0 Å². The Kier molecular flexibility index (Phi) is 3.65. The van der Waals surface area contributed by atoms with Gasteiger partial charge in [0.15, 0.2) is 0 Å². The molecule has 2 heterocycles. The van der Waals surface area contributed by atoms with Crippen LogP contribution in [-0.4, -0.2) is 14.8 Å². The van der Waals surface area contributed by atoms with Crippen molar-refractivity contribution in [1.29, 1.82) is 0 Å². The molecular formula is C15H22N4S. The average Bonchev–Trinajstić information content (AvgIpc) is 3.08. The van der Waals surface area contributed by atoms with Crippen molar-refractivity contribution in [3.63, 3.8) is 0 Å². The Hall–Kier alpha value is -1.20. The highest BCUT2D eigenvalue weighted by atomic mass is 32.1. The number of rotatable bonds is 3. The zero-order valence-corrected chi connectivity index (χ0v) is 13.0. The lowest BCUT2D eigenvalue weighted by Crippen LogP contribution is -2.40. The molecule has 3 rings (SSSR count). The van der Waals surface area contributed by atoms with E-state index >= 15 is 0 Å². The fraction of sp³-hybridized carbons (Fsp3) is 0.600. The van der Waals surface area contributed by atoms with Gasteiger partial charge in [0.25, 0.3) is 0 Å². The third-order valence-electron chi connectivity index (χ3n) is 4.59. The van der Waals surface area contributed by atoms with E-state index in [4.69, 9.17) is 10.7 Å². The zero-order valence-electron chi connectivity index (χ0n) is 12.2. The highest BCUT2D eigenvalue weighted by Crippen LogP contribution is 2.40. The van der Waals surface area contributed by atoms with Crippen molar-refractivity contribution in [2.75, 3.05) is 0 Å². The van der Waals surface area contributed by atoms with E-state index in [0.717, 1.165) is 35.2 Å². The van der Waals surface area contributed by atoms with E-state index < -0.39 is 0 Å². The summed E-state index contributed by atoms with van der Waals surface area (Å²) in [5, 5.41) is 7.39. The SMILES string of the molecule is CCC1CCC(N)(c2nc(-c3ccnn3C)cs2)CC1. The highest BCUT2D eigenvalue weighted by molar-refractivity contribution is 7.10. The lowest BCUT2D eigenvalue weighted by molar-refractivity contribution is 0.231. The minimum absolute atomic E-state index is 0.215. The van der Waals surface area contributed by atoms with Gasteiger partial charge in [0, 0.05) is 18.6 Å². The van der Waals surface area contributed by atoms with Crippen LogP contribution in [0.5, 0.6) is 0 Å². The van der Waals surface area contributed by atoms with Gasteiger partial charge in [0.05, 0.1) is 16.9 Å². The van der Waals surface area contributed by atoms with Gasteiger partial charge in [0.1, 0.15) is 5.01 Å². The number of nitrogens with zero attached hydrogens (tertiary/aromatic N) is 3. The molecule has 0 saturated heterocycles. The van der Waals surface area contributed by atoms with E-state index in [-0.39, 0.29) is 5.54 Å². The van der Waals surface area contributed by atoms with Crippen LogP contribution in [0.4, 0.5) is 0 Å². The molecule has 2 aromatic heterocycles. The molecule has 0 bridgehead atoms.